The van der Waals surface area contributed by atoms with Gasteiger partial charge in [0.15, 0.2) is 18.1 Å². The van der Waals surface area contributed by atoms with Crippen LogP contribution in [0.4, 0.5) is 11.4 Å². The summed E-state index contributed by atoms with van der Waals surface area (Å²) in [5.74, 6) is 0.351. The first kappa shape index (κ1) is 25.3. The van der Waals surface area contributed by atoms with Crippen molar-refractivity contribution in [1.82, 2.24) is 0 Å². The number of nitrogens with one attached hydrogen (secondary N) is 2. The molecule has 0 saturated carbocycles. The lowest BCUT2D eigenvalue weighted by Gasteiger charge is -2.11. The van der Waals surface area contributed by atoms with Crippen LogP contribution in [0.1, 0.15) is 25.3 Å². The molecule has 2 N–H and O–H groups in total. The molecule has 35 heavy (non-hydrogen) atoms. The van der Waals surface area contributed by atoms with E-state index in [-0.39, 0.29) is 18.7 Å². The molecule has 0 aliphatic heterocycles. The molecular weight excluding hydrogens is 448 g/mol. The predicted molar refractivity (Wildman–Crippen MR) is 133 cm³/mol. The second-order valence-corrected chi connectivity index (χ2v) is 7.58. The van der Waals surface area contributed by atoms with Crippen molar-refractivity contribution in [3.05, 3.63) is 78.4 Å². The molecule has 0 fully saturated rings. The standard InChI is InChI=1S/C27H28N2O6/c1-3-19-8-10-20(11-9-19)29-26(31)18-34-27(32)17-16-25(30)28-21-12-14-22(15-13-21)35-24-7-5-4-6-23(24)33-2/h4-15H,3,16-18H2,1-2H3,(H,28,30)(H,29,31). The van der Waals surface area contributed by atoms with Gasteiger partial charge >= 0.3 is 5.97 Å². The maximum absolute atomic E-state index is 12.2. The highest BCUT2D eigenvalue weighted by Gasteiger charge is 2.11. The first-order chi connectivity index (χ1) is 17.0. The zero-order valence-electron chi connectivity index (χ0n) is 19.7. The molecule has 0 aliphatic rings. The van der Waals surface area contributed by atoms with Crippen LogP contribution in [0.5, 0.6) is 17.2 Å². The van der Waals surface area contributed by atoms with Gasteiger partial charge in [-0.05, 0) is 60.5 Å². The fourth-order valence-corrected chi connectivity index (χ4v) is 3.11. The number of rotatable bonds is 11. The average Bonchev–Trinajstić information content (AvgIpc) is 2.88. The van der Waals surface area contributed by atoms with E-state index in [2.05, 4.69) is 10.6 Å². The van der Waals surface area contributed by atoms with Crippen LogP contribution in [0.15, 0.2) is 72.8 Å². The van der Waals surface area contributed by atoms with Crippen molar-refractivity contribution in [3.8, 4) is 17.2 Å². The topological polar surface area (TPSA) is 103 Å². The van der Waals surface area contributed by atoms with Gasteiger partial charge in [-0.1, -0.05) is 31.2 Å². The number of amides is 2. The minimum absolute atomic E-state index is 0.0710. The second-order valence-electron chi connectivity index (χ2n) is 7.58. The Labute approximate surface area is 204 Å². The number of ether oxygens (including phenoxy) is 3. The van der Waals surface area contributed by atoms with E-state index in [1.165, 1.54) is 0 Å². The number of hydrogen-bond acceptors (Lipinski definition) is 6. The van der Waals surface area contributed by atoms with E-state index < -0.39 is 18.5 Å². The van der Waals surface area contributed by atoms with E-state index in [4.69, 9.17) is 14.2 Å². The number of para-hydroxylation sites is 2. The summed E-state index contributed by atoms with van der Waals surface area (Å²) in [6, 6.07) is 21.5. The van der Waals surface area contributed by atoms with Gasteiger partial charge in [0.1, 0.15) is 5.75 Å². The molecule has 0 radical (unpaired) electrons. The normalized spacial score (nSPS) is 10.2. The molecule has 3 rings (SSSR count). The fraction of sp³-hybridized carbons (Fsp3) is 0.222. The van der Waals surface area contributed by atoms with Crippen molar-refractivity contribution < 1.29 is 28.6 Å². The van der Waals surface area contributed by atoms with Crippen LogP contribution >= 0.6 is 0 Å². The number of esters is 1. The van der Waals surface area contributed by atoms with Gasteiger partial charge < -0.3 is 24.8 Å². The third-order valence-electron chi connectivity index (χ3n) is 5.00. The second kappa shape index (κ2) is 12.8. The molecule has 0 atom stereocenters. The Balaban J connectivity index is 1.37. The van der Waals surface area contributed by atoms with E-state index in [0.717, 1.165) is 12.0 Å². The Morgan fingerprint density at radius 3 is 1.97 bits per heavy atom. The van der Waals surface area contributed by atoms with Crippen molar-refractivity contribution in [2.45, 2.75) is 26.2 Å². The predicted octanol–water partition coefficient (Wildman–Crippen LogP) is 4.95. The Kier molecular flexibility index (Phi) is 9.24. The highest BCUT2D eigenvalue weighted by atomic mass is 16.5. The summed E-state index contributed by atoms with van der Waals surface area (Å²) in [5, 5.41) is 5.37. The molecule has 0 spiro atoms. The molecule has 0 heterocycles. The molecule has 8 nitrogen and oxygen atoms in total. The van der Waals surface area contributed by atoms with Gasteiger partial charge in [-0.3, -0.25) is 14.4 Å². The molecule has 8 heteroatoms. The molecule has 2 amide bonds. The third-order valence-corrected chi connectivity index (χ3v) is 5.00. The van der Waals surface area contributed by atoms with Crippen molar-refractivity contribution >= 4 is 29.2 Å². The third kappa shape index (κ3) is 8.19. The van der Waals surface area contributed by atoms with E-state index in [1.54, 1.807) is 55.6 Å². The summed E-state index contributed by atoms with van der Waals surface area (Å²) < 4.78 is 16.0. The molecule has 0 saturated heterocycles. The van der Waals surface area contributed by atoms with Crippen LogP contribution in [0.25, 0.3) is 0 Å². The van der Waals surface area contributed by atoms with Gasteiger partial charge in [0, 0.05) is 17.8 Å². The quantitative estimate of drug-likeness (QED) is 0.380. The molecule has 3 aromatic carbocycles. The van der Waals surface area contributed by atoms with Crippen LogP contribution in [0.3, 0.4) is 0 Å². The molecule has 0 aliphatic carbocycles. The Bertz CT molecular complexity index is 1140. The molecule has 0 bridgehead atoms. The highest BCUT2D eigenvalue weighted by molar-refractivity contribution is 5.94. The van der Waals surface area contributed by atoms with Crippen molar-refractivity contribution in [2.75, 3.05) is 24.4 Å². The largest absolute Gasteiger partial charge is 0.493 e. The van der Waals surface area contributed by atoms with Crippen LogP contribution in [-0.2, 0) is 25.5 Å². The zero-order valence-corrected chi connectivity index (χ0v) is 19.7. The Morgan fingerprint density at radius 2 is 1.34 bits per heavy atom. The van der Waals surface area contributed by atoms with Gasteiger partial charge in [0.2, 0.25) is 5.91 Å². The van der Waals surface area contributed by atoms with Crippen molar-refractivity contribution in [3.63, 3.8) is 0 Å². The van der Waals surface area contributed by atoms with Gasteiger partial charge in [-0.25, -0.2) is 0 Å². The minimum atomic E-state index is -0.628. The monoisotopic (exact) mass is 476 g/mol. The van der Waals surface area contributed by atoms with Crippen LogP contribution < -0.4 is 20.1 Å². The summed E-state index contributed by atoms with van der Waals surface area (Å²) >= 11 is 0. The van der Waals surface area contributed by atoms with E-state index in [9.17, 15) is 14.4 Å². The van der Waals surface area contributed by atoms with E-state index in [1.807, 2.05) is 31.2 Å². The summed E-state index contributed by atoms with van der Waals surface area (Å²) in [6.07, 6.45) is 0.695. The number of benzene rings is 3. The SMILES string of the molecule is CCc1ccc(NC(=O)COC(=O)CCC(=O)Nc2ccc(Oc3ccccc3OC)cc2)cc1. The fourth-order valence-electron chi connectivity index (χ4n) is 3.11. The summed E-state index contributed by atoms with van der Waals surface area (Å²) in [5.41, 5.74) is 2.34. The van der Waals surface area contributed by atoms with Crippen LogP contribution in [-0.4, -0.2) is 31.5 Å². The first-order valence-corrected chi connectivity index (χ1v) is 11.2. The lowest BCUT2D eigenvalue weighted by atomic mass is 10.1. The molecule has 182 valence electrons. The van der Waals surface area contributed by atoms with Gasteiger partial charge in [-0.2, -0.15) is 0 Å². The summed E-state index contributed by atoms with van der Waals surface area (Å²) in [7, 11) is 1.57. The Morgan fingerprint density at radius 1 is 0.743 bits per heavy atom. The number of carbonyl (C=O) groups excluding carboxylic acids is 3. The average molecular weight is 477 g/mol. The molecular formula is C27H28N2O6. The number of anilines is 2. The first-order valence-electron chi connectivity index (χ1n) is 11.2. The van der Waals surface area contributed by atoms with Crippen LogP contribution in [0.2, 0.25) is 0 Å². The zero-order chi connectivity index (χ0) is 25.0. The molecule has 0 aromatic heterocycles. The number of carbonyl (C=O) groups is 3. The smallest absolute Gasteiger partial charge is 0.306 e. The Hall–Kier alpha value is -4.33. The van der Waals surface area contributed by atoms with Gasteiger partial charge in [0.25, 0.3) is 5.91 Å². The van der Waals surface area contributed by atoms with Crippen LogP contribution in [0, 0.1) is 0 Å². The lowest BCUT2D eigenvalue weighted by Crippen LogP contribution is -2.21. The maximum atomic E-state index is 12.2. The van der Waals surface area contributed by atoms with Crippen molar-refractivity contribution in [1.29, 1.82) is 0 Å². The van der Waals surface area contributed by atoms with Crippen molar-refractivity contribution in [2.24, 2.45) is 0 Å². The van der Waals surface area contributed by atoms with Gasteiger partial charge in [-0.15, -0.1) is 0 Å². The number of methoxy groups -OCH3 is 1. The maximum Gasteiger partial charge on any atom is 0.306 e. The lowest BCUT2D eigenvalue weighted by molar-refractivity contribution is -0.147. The highest BCUT2D eigenvalue weighted by Crippen LogP contribution is 2.31. The minimum Gasteiger partial charge on any atom is -0.493 e. The summed E-state index contributed by atoms with van der Waals surface area (Å²) in [6.45, 7) is 1.63. The number of aryl methyl sites for hydroxylation is 1. The van der Waals surface area contributed by atoms with E-state index in [0.29, 0.717) is 28.6 Å². The molecule has 3 aromatic rings. The van der Waals surface area contributed by atoms with E-state index >= 15 is 0 Å². The summed E-state index contributed by atoms with van der Waals surface area (Å²) in [4.78, 5) is 36.0. The molecule has 0 unspecified atom stereocenters. The van der Waals surface area contributed by atoms with Gasteiger partial charge in [0.05, 0.1) is 13.5 Å². The number of hydrogen-bond donors (Lipinski definition) is 2.